The fourth-order valence-corrected chi connectivity index (χ4v) is 2.49. The Morgan fingerprint density at radius 3 is 2.48 bits per heavy atom. The first-order chi connectivity index (χ1) is 10.1. The molecule has 0 amide bonds. The molecule has 0 aromatic carbocycles. The molecule has 0 radical (unpaired) electrons. The number of pyridine rings is 1. The molecule has 0 bridgehead atoms. The van der Waals surface area contributed by atoms with E-state index < -0.39 is 0 Å². The molecule has 1 aromatic rings. The van der Waals surface area contributed by atoms with E-state index in [2.05, 4.69) is 42.2 Å². The van der Waals surface area contributed by atoms with Gasteiger partial charge in [-0.3, -0.25) is 9.88 Å². The number of halogens is 1. The van der Waals surface area contributed by atoms with Crippen LogP contribution >= 0.6 is 0 Å². The molecule has 0 aliphatic heterocycles. The lowest BCUT2D eigenvalue weighted by Gasteiger charge is -2.29. The van der Waals surface area contributed by atoms with Gasteiger partial charge in [-0.25, -0.2) is 4.39 Å². The Morgan fingerprint density at radius 2 is 2.00 bits per heavy atom. The summed E-state index contributed by atoms with van der Waals surface area (Å²) in [4.78, 5) is 6.50. The minimum atomic E-state index is -0.304. The molecule has 4 heteroatoms. The van der Waals surface area contributed by atoms with Gasteiger partial charge in [-0.05, 0) is 24.6 Å². The maximum absolute atomic E-state index is 13.0. The highest BCUT2D eigenvalue weighted by Gasteiger charge is 2.21. The molecule has 0 fully saturated rings. The Hall–Kier alpha value is -1.52. The largest absolute Gasteiger partial charge is 0.309 e. The first-order valence-corrected chi connectivity index (χ1v) is 7.41. The van der Waals surface area contributed by atoms with Gasteiger partial charge >= 0.3 is 0 Å². The summed E-state index contributed by atoms with van der Waals surface area (Å²) < 4.78 is 13.0. The van der Waals surface area contributed by atoms with Crippen LogP contribution in [0.1, 0.15) is 25.6 Å². The zero-order chi connectivity index (χ0) is 15.7. The molecule has 1 rings (SSSR count). The zero-order valence-corrected chi connectivity index (χ0v) is 13.1. The third-order valence-corrected chi connectivity index (χ3v) is 3.38. The van der Waals surface area contributed by atoms with Crippen LogP contribution in [-0.4, -0.2) is 36.1 Å². The molecule has 21 heavy (non-hydrogen) atoms. The fraction of sp³-hybridized carbons (Fsp3) is 0.471. The number of nitrogens with one attached hydrogen (secondary N) is 1. The molecule has 3 nitrogen and oxygen atoms in total. The van der Waals surface area contributed by atoms with Gasteiger partial charge < -0.3 is 5.32 Å². The maximum Gasteiger partial charge on any atom is 0.141 e. The molecule has 1 heterocycles. The minimum absolute atomic E-state index is 0.104. The average molecular weight is 291 g/mol. The Balaban J connectivity index is 2.80. The van der Waals surface area contributed by atoms with Crippen molar-refractivity contribution in [3.05, 3.63) is 55.2 Å². The number of hydrogen-bond acceptors (Lipinski definition) is 3. The molecule has 2 unspecified atom stereocenters. The van der Waals surface area contributed by atoms with Crippen molar-refractivity contribution in [2.45, 2.75) is 19.9 Å². The van der Waals surface area contributed by atoms with Gasteiger partial charge in [0.15, 0.2) is 0 Å². The second-order valence-corrected chi connectivity index (χ2v) is 5.21. The van der Waals surface area contributed by atoms with E-state index >= 15 is 0 Å². The molecular weight excluding hydrogens is 265 g/mol. The molecule has 1 aromatic heterocycles. The van der Waals surface area contributed by atoms with Crippen molar-refractivity contribution < 1.29 is 4.39 Å². The summed E-state index contributed by atoms with van der Waals surface area (Å²) in [5, 5.41) is 3.44. The van der Waals surface area contributed by atoms with E-state index in [0.29, 0.717) is 5.92 Å². The number of nitrogens with zero attached hydrogens (tertiary/aromatic N) is 2. The molecule has 0 spiro atoms. The summed E-state index contributed by atoms with van der Waals surface area (Å²) in [6, 6.07) is 3.32. The summed E-state index contributed by atoms with van der Waals surface area (Å²) >= 11 is 0. The SMILES string of the molecule is C=CCN(CC=C)CC(C)C(NCC)c1ccc(F)cn1. The normalized spacial score (nSPS) is 13.9. The topological polar surface area (TPSA) is 28.2 Å². The molecule has 0 saturated heterocycles. The Morgan fingerprint density at radius 1 is 1.33 bits per heavy atom. The quantitative estimate of drug-likeness (QED) is 0.671. The van der Waals surface area contributed by atoms with Crippen LogP contribution in [0.4, 0.5) is 4.39 Å². The Bertz CT molecular complexity index is 420. The van der Waals surface area contributed by atoms with Gasteiger partial charge in [0, 0.05) is 19.6 Å². The third-order valence-electron chi connectivity index (χ3n) is 3.38. The van der Waals surface area contributed by atoms with E-state index in [1.807, 2.05) is 12.2 Å². The van der Waals surface area contributed by atoms with Gasteiger partial charge in [-0.1, -0.05) is 26.0 Å². The maximum atomic E-state index is 13.0. The van der Waals surface area contributed by atoms with Gasteiger partial charge in [0.25, 0.3) is 0 Å². The van der Waals surface area contributed by atoms with Crippen LogP contribution < -0.4 is 5.32 Å². The van der Waals surface area contributed by atoms with Crippen molar-refractivity contribution in [3.63, 3.8) is 0 Å². The number of hydrogen-bond donors (Lipinski definition) is 1. The van der Waals surface area contributed by atoms with Crippen molar-refractivity contribution in [2.75, 3.05) is 26.2 Å². The summed E-state index contributed by atoms with van der Waals surface area (Å²) in [5.74, 6) is 0.0319. The molecule has 0 aliphatic carbocycles. The summed E-state index contributed by atoms with van der Waals surface area (Å²) in [6.45, 7) is 15.2. The first kappa shape index (κ1) is 17.5. The highest BCUT2D eigenvalue weighted by Crippen LogP contribution is 2.21. The molecule has 1 N–H and O–H groups in total. The predicted molar refractivity (Wildman–Crippen MR) is 86.6 cm³/mol. The monoisotopic (exact) mass is 291 g/mol. The molecule has 0 aliphatic rings. The standard InChI is InChI=1S/C17H26FN3/c1-5-10-21(11-6-2)13-14(4)17(19-7-3)16-9-8-15(18)12-20-16/h5-6,8-9,12,14,17,19H,1-2,7,10-11,13H2,3-4H3. The second kappa shape index (κ2) is 9.42. The lowest BCUT2D eigenvalue weighted by molar-refractivity contribution is 0.244. The highest BCUT2D eigenvalue weighted by molar-refractivity contribution is 5.11. The van der Waals surface area contributed by atoms with Crippen LogP contribution in [0.25, 0.3) is 0 Å². The van der Waals surface area contributed by atoms with Crippen LogP contribution in [-0.2, 0) is 0 Å². The van der Waals surface area contributed by atoms with Crippen molar-refractivity contribution in [3.8, 4) is 0 Å². The lowest BCUT2D eigenvalue weighted by Crippen LogP contribution is -2.36. The van der Waals surface area contributed by atoms with Crippen LogP contribution in [0.15, 0.2) is 43.6 Å². The molecular formula is C17H26FN3. The third kappa shape index (κ3) is 5.78. The van der Waals surface area contributed by atoms with E-state index in [1.165, 1.54) is 12.3 Å². The highest BCUT2D eigenvalue weighted by atomic mass is 19.1. The Labute approximate surface area is 127 Å². The second-order valence-electron chi connectivity index (χ2n) is 5.21. The van der Waals surface area contributed by atoms with Gasteiger partial charge in [0.2, 0.25) is 0 Å². The smallest absolute Gasteiger partial charge is 0.141 e. The van der Waals surface area contributed by atoms with Gasteiger partial charge in [-0.15, -0.1) is 13.2 Å². The molecule has 0 saturated carbocycles. The van der Waals surface area contributed by atoms with Gasteiger partial charge in [-0.2, -0.15) is 0 Å². The summed E-state index contributed by atoms with van der Waals surface area (Å²) in [6.07, 6.45) is 5.07. The van der Waals surface area contributed by atoms with Gasteiger partial charge in [0.1, 0.15) is 5.82 Å². The van der Waals surface area contributed by atoms with Gasteiger partial charge in [0.05, 0.1) is 17.9 Å². The first-order valence-electron chi connectivity index (χ1n) is 7.41. The summed E-state index contributed by atoms with van der Waals surface area (Å²) in [7, 11) is 0. The number of aromatic nitrogens is 1. The molecule has 116 valence electrons. The van der Waals surface area contributed by atoms with E-state index in [-0.39, 0.29) is 11.9 Å². The van der Waals surface area contributed by atoms with Crippen molar-refractivity contribution in [1.29, 1.82) is 0 Å². The van der Waals surface area contributed by atoms with Crippen molar-refractivity contribution in [1.82, 2.24) is 15.2 Å². The minimum Gasteiger partial charge on any atom is -0.309 e. The molecule has 2 atom stereocenters. The van der Waals surface area contributed by atoms with Crippen molar-refractivity contribution in [2.24, 2.45) is 5.92 Å². The summed E-state index contributed by atoms with van der Waals surface area (Å²) in [5.41, 5.74) is 0.878. The van der Waals surface area contributed by atoms with Crippen molar-refractivity contribution >= 4 is 0 Å². The Kier molecular flexibility index (Phi) is 7.87. The van der Waals surface area contributed by atoms with E-state index in [0.717, 1.165) is 31.9 Å². The van der Waals surface area contributed by atoms with Crippen LogP contribution in [0.5, 0.6) is 0 Å². The number of rotatable bonds is 10. The van der Waals surface area contributed by atoms with Crippen LogP contribution in [0, 0.1) is 11.7 Å². The van der Waals surface area contributed by atoms with E-state index in [9.17, 15) is 4.39 Å². The van der Waals surface area contributed by atoms with E-state index in [1.54, 1.807) is 6.07 Å². The predicted octanol–water partition coefficient (Wildman–Crippen LogP) is 3.18. The lowest BCUT2D eigenvalue weighted by atomic mass is 9.97. The van der Waals surface area contributed by atoms with E-state index in [4.69, 9.17) is 0 Å². The van der Waals surface area contributed by atoms with Crippen LogP contribution in [0.2, 0.25) is 0 Å². The fourth-order valence-electron chi connectivity index (χ4n) is 2.49. The zero-order valence-electron chi connectivity index (χ0n) is 13.1. The van der Waals surface area contributed by atoms with Crippen LogP contribution in [0.3, 0.4) is 0 Å². The average Bonchev–Trinajstić information content (AvgIpc) is 2.46.